The Morgan fingerprint density at radius 2 is 2.06 bits per heavy atom. The summed E-state index contributed by atoms with van der Waals surface area (Å²) in [6, 6.07) is 11.3. The van der Waals surface area contributed by atoms with E-state index in [9.17, 15) is 4.79 Å². The van der Waals surface area contributed by atoms with Crippen molar-refractivity contribution in [3.8, 4) is 11.3 Å². The average molecular weight is 230 g/mol. The summed E-state index contributed by atoms with van der Waals surface area (Å²) in [6.45, 7) is 2.76. The zero-order valence-corrected chi connectivity index (χ0v) is 9.63. The highest BCUT2D eigenvalue weighted by Crippen LogP contribution is 2.20. The second kappa shape index (κ2) is 4.82. The molecule has 0 atom stereocenters. The van der Waals surface area contributed by atoms with Crippen molar-refractivity contribution in [2.75, 3.05) is 0 Å². The van der Waals surface area contributed by atoms with Crippen LogP contribution >= 0.6 is 0 Å². The predicted molar refractivity (Wildman–Crippen MR) is 64.9 cm³/mol. The van der Waals surface area contributed by atoms with Crippen LogP contribution in [0, 0.1) is 0 Å². The number of hydrogen-bond acceptors (Lipinski definition) is 2. The molecule has 0 amide bonds. The molecular formula is C13H14N2O2. The maximum atomic E-state index is 10.9. The maximum absolute atomic E-state index is 10.9. The summed E-state index contributed by atoms with van der Waals surface area (Å²) >= 11 is 0. The van der Waals surface area contributed by atoms with Crippen LogP contribution in [0.3, 0.4) is 0 Å². The third kappa shape index (κ3) is 2.36. The number of hydrogen-bond donors (Lipinski definition) is 1. The lowest BCUT2D eigenvalue weighted by molar-refractivity contribution is 0.0689. The molecule has 1 aromatic carbocycles. The normalized spacial score (nSPS) is 10.4. The second-order valence-electron chi connectivity index (χ2n) is 3.81. The Bertz CT molecular complexity index is 517. The summed E-state index contributed by atoms with van der Waals surface area (Å²) in [6.07, 6.45) is 0.917. The van der Waals surface area contributed by atoms with Gasteiger partial charge in [-0.05, 0) is 18.1 Å². The highest BCUT2D eigenvalue weighted by Gasteiger charge is 2.13. The number of aryl methyl sites for hydroxylation is 1. The van der Waals surface area contributed by atoms with Gasteiger partial charge < -0.3 is 5.11 Å². The van der Waals surface area contributed by atoms with Crippen LogP contribution in [0.15, 0.2) is 36.4 Å². The third-order valence-corrected chi connectivity index (χ3v) is 2.50. The standard InChI is InChI=1S/C13H14N2O2/c1-2-8-15-12(9-11(14-15)13(16)17)10-6-4-3-5-7-10/h3-7,9H,2,8H2,1H3,(H,16,17). The zero-order valence-electron chi connectivity index (χ0n) is 9.63. The van der Waals surface area contributed by atoms with E-state index in [2.05, 4.69) is 5.10 Å². The van der Waals surface area contributed by atoms with Crippen LogP contribution in [0.2, 0.25) is 0 Å². The minimum atomic E-state index is -0.989. The number of rotatable bonds is 4. The molecule has 0 radical (unpaired) electrons. The van der Waals surface area contributed by atoms with Gasteiger partial charge in [-0.15, -0.1) is 0 Å². The van der Waals surface area contributed by atoms with Crippen LogP contribution in [0.25, 0.3) is 11.3 Å². The number of carboxylic acid groups (broad SMARTS) is 1. The molecule has 1 N–H and O–H groups in total. The Morgan fingerprint density at radius 1 is 1.35 bits per heavy atom. The Hall–Kier alpha value is -2.10. The summed E-state index contributed by atoms with van der Waals surface area (Å²) in [5.74, 6) is -0.989. The molecule has 0 spiro atoms. The minimum Gasteiger partial charge on any atom is -0.476 e. The molecule has 17 heavy (non-hydrogen) atoms. The molecule has 88 valence electrons. The zero-order chi connectivity index (χ0) is 12.3. The molecule has 4 nitrogen and oxygen atoms in total. The summed E-state index contributed by atoms with van der Waals surface area (Å²) in [5, 5.41) is 13.1. The fourth-order valence-corrected chi connectivity index (χ4v) is 1.74. The van der Waals surface area contributed by atoms with Crippen molar-refractivity contribution in [1.82, 2.24) is 9.78 Å². The van der Waals surface area contributed by atoms with Crippen molar-refractivity contribution in [3.05, 3.63) is 42.1 Å². The molecule has 0 fully saturated rings. The van der Waals surface area contributed by atoms with Crippen LogP contribution in [0.5, 0.6) is 0 Å². The Kier molecular flexibility index (Phi) is 3.23. The van der Waals surface area contributed by atoms with Gasteiger partial charge in [0.15, 0.2) is 5.69 Å². The molecule has 0 saturated heterocycles. The monoisotopic (exact) mass is 230 g/mol. The summed E-state index contributed by atoms with van der Waals surface area (Å²) in [7, 11) is 0. The highest BCUT2D eigenvalue weighted by molar-refractivity contribution is 5.87. The van der Waals surface area contributed by atoms with Crippen LogP contribution in [-0.4, -0.2) is 20.9 Å². The first-order valence-electron chi connectivity index (χ1n) is 5.59. The van der Waals surface area contributed by atoms with Crippen LogP contribution in [0.4, 0.5) is 0 Å². The van der Waals surface area contributed by atoms with Crippen molar-refractivity contribution >= 4 is 5.97 Å². The highest BCUT2D eigenvalue weighted by atomic mass is 16.4. The van der Waals surface area contributed by atoms with E-state index in [0.29, 0.717) is 0 Å². The smallest absolute Gasteiger partial charge is 0.356 e. The molecule has 1 aromatic heterocycles. The number of nitrogens with zero attached hydrogens (tertiary/aromatic N) is 2. The van der Waals surface area contributed by atoms with Gasteiger partial charge in [-0.3, -0.25) is 4.68 Å². The molecular weight excluding hydrogens is 216 g/mol. The van der Waals surface area contributed by atoms with Crippen molar-refractivity contribution in [3.63, 3.8) is 0 Å². The van der Waals surface area contributed by atoms with E-state index < -0.39 is 5.97 Å². The molecule has 0 aliphatic carbocycles. The fraction of sp³-hybridized carbons (Fsp3) is 0.231. The second-order valence-corrected chi connectivity index (χ2v) is 3.81. The first-order valence-corrected chi connectivity index (χ1v) is 5.59. The SMILES string of the molecule is CCCn1nc(C(=O)O)cc1-c1ccccc1. The van der Waals surface area contributed by atoms with Crippen molar-refractivity contribution < 1.29 is 9.90 Å². The molecule has 4 heteroatoms. The molecule has 0 saturated carbocycles. The van der Waals surface area contributed by atoms with Gasteiger partial charge in [-0.25, -0.2) is 4.79 Å². The summed E-state index contributed by atoms with van der Waals surface area (Å²) in [4.78, 5) is 10.9. The van der Waals surface area contributed by atoms with Gasteiger partial charge in [0.2, 0.25) is 0 Å². The van der Waals surface area contributed by atoms with E-state index >= 15 is 0 Å². The molecule has 0 bridgehead atoms. The molecule has 0 aliphatic heterocycles. The van der Waals surface area contributed by atoms with E-state index in [-0.39, 0.29) is 5.69 Å². The molecule has 0 aliphatic rings. The fourth-order valence-electron chi connectivity index (χ4n) is 1.74. The first kappa shape index (κ1) is 11.4. The van der Waals surface area contributed by atoms with E-state index in [1.165, 1.54) is 0 Å². The number of carbonyl (C=O) groups is 1. The quantitative estimate of drug-likeness (QED) is 0.878. The number of aromatic carboxylic acids is 1. The van der Waals surface area contributed by atoms with Crippen LogP contribution in [-0.2, 0) is 6.54 Å². The average Bonchev–Trinajstić information content (AvgIpc) is 2.75. The Balaban J connectivity index is 2.48. The van der Waals surface area contributed by atoms with Crippen LogP contribution in [0.1, 0.15) is 23.8 Å². The maximum Gasteiger partial charge on any atom is 0.356 e. The van der Waals surface area contributed by atoms with E-state index in [4.69, 9.17) is 5.11 Å². The van der Waals surface area contributed by atoms with E-state index in [0.717, 1.165) is 24.2 Å². The summed E-state index contributed by atoms with van der Waals surface area (Å²) < 4.78 is 1.75. The minimum absolute atomic E-state index is 0.0947. The number of aromatic nitrogens is 2. The molecule has 2 rings (SSSR count). The van der Waals surface area contributed by atoms with E-state index in [1.54, 1.807) is 10.7 Å². The van der Waals surface area contributed by atoms with Gasteiger partial charge in [0, 0.05) is 6.54 Å². The van der Waals surface area contributed by atoms with Crippen molar-refractivity contribution in [2.24, 2.45) is 0 Å². The van der Waals surface area contributed by atoms with Crippen LogP contribution < -0.4 is 0 Å². The van der Waals surface area contributed by atoms with Gasteiger partial charge in [0.1, 0.15) is 0 Å². The van der Waals surface area contributed by atoms with Crippen molar-refractivity contribution in [1.29, 1.82) is 0 Å². The van der Waals surface area contributed by atoms with Gasteiger partial charge in [-0.1, -0.05) is 37.3 Å². The third-order valence-electron chi connectivity index (χ3n) is 2.50. The van der Waals surface area contributed by atoms with Gasteiger partial charge in [0.25, 0.3) is 0 Å². The topological polar surface area (TPSA) is 55.1 Å². The molecule has 0 unspecified atom stereocenters. The molecule has 1 heterocycles. The van der Waals surface area contributed by atoms with E-state index in [1.807, 2.05) is 37.3 Å². The number of carboxylic acids is 1. The van der Waals surface area contributed by atoms with Gasteiger partial charge in [-0.2, -0.15) is 5.10 Å². The Morgan fingerprint density at radius 3 is 2.65 bits per heavy atom. The van der Waals surface area contributed by atoms with Gasteiger partial charge in [0.05, 0.1) is 5.69 Å². The lowest BCUT2D eigenvalue weighted by Gasteiger charge is -2.05. The summed E-state index contributed by atoms with van der Waals surface area (Å²) in [5.41, 5.74) is 1.93. The molecule has 2 aromatic rings. The predicted octanol–water partition coefficient (Wildman–Crippen LogP) is 2.66. The lowest BCUT2D eigenvalue weighted by atomic mass is 10.1. The largest absolute Gasteiger partial charge is 0.476 e. The van der Waals surface area contributed by atoms with Gasteiger partial charge >= 0.3 is 5.97 Å². The lowest BCUT2D eigenvalue weighted by Crippen LogP contribution is -2.03. The Labute approximate surface area is 99.5 Å². The number of benzene rings is 1. The first-order chi connectivity index (χ1) is 8.22. The van der Waals surface area contributed by atoms with Crippen molar-refractivity contribution in [2.45, 2.75) is 19.9 Å².